The van der Waals surface area contributed by atoms with Crippen LogP contribution >= 0.6 is 11.6 Å². The van der Waals surface area contributed by atoms with Crippen LogP contribution in [0.2, 0.25) is 5.02 Å². The van der Waals surface area contributed by atoms with Gasteiger partial charge in [-0.1, -0.05) is 35.4 Å². The molecule has 5 nitrogen and oxygen atoms in total. The Hall–Kier alpha value is -3.31. The van der Waals surface area contributed by atoms with E-state index in [9.17, 15) is 4.79 Å². The summed E-state index contributed by atoms with van der Waals surface area (Å²) < 4.78 is 8.92. The van der Waals surface area contributed by atoms with Crippen molar-refractivity contribution in [1.29, 1.82) is 0 Å². The van der Waals surface area contributed by atoms with Gasteiger partial charge in [0.2, 0.25) is 0 Å². The van der Waals surface area contributed by atoms with Crippen molar-refractivity contribution in [1.82, 2.24) is 14.0 Å². The van der Waals surface area contributed by atoms with Crippen molar-refractivity contribution in [2.75, 3.05) is 7.11 Å². The third kappa shape index (κ3) is 2.86. The Balaban J connectivity index is 1.84. The van der Waals surface area contributed by atoms with Gasteiger partial charge in [0.1, 0.15) is 11.4 Å². The maximum Gasteiger partial charge on any atom is 0.279 e. The van der Waals surface area contributed by atoms with Gasteiger partial charge in [-0.2, -0.15) is 0 Å². The van der Waals surface area contributed by atoms with E-state index in [4.69, 9.17) is 16.3 Å². The Bertz CT molecular complexity index is 1450. The van der Waals surface area contributed by atoms with Crippen LogP contribution in [-0.4, -0.2) is 21.1 Å². The third-order valence-corrected chi connectivity index (χ3v) is 5.45. The van der Waals surface area contributed by atoms with Gasteiger partial charge in [0.15, 0.2) is 5.52 Å². The first-order valence-electron chi connectivity index (χ1n) is 9.28. The molecular formula is C23H18ClN3O2. The van der Waals surface area contributed by atoms with E-state index >= 15 is 0 Å². The van der Waals surface area contributed by atoms with E-state index in [-0.39, 0.29) is 5.56 Å². The van der Waals surface area contributed by atoms with Crippen LogP contribution in [0.3, 0.4) is 0 Å². The molecule has 5 aromatic rings. The quantitative estimate of drug-likeness (QED) is 0.434. The third-order valence-electron chi connectivity index (χ3n) is 5.23. The first kappa shape index (κ1) is 17.8. The maximum absolute atomic E-state index is 13.4. The molecule has 3 aromatic heterocycles. The number of rotatable bonds is 3. The number of hydrogen-bond donors (Lipinski definition) is 0. The van der Waals surface area contributed by atoms with Crippen molar-refractivity contribution in [3.05, 3.63) is 87.3 Å². The van der Waals surface area contributed by atoms with E-state index in [2.05, 4.69) is 11.1 Å². The Morgan fingerprint density at radius 1 is 1.07 bits per heavy atom. The molecule has 3 heterocycles. The number of fused-ring (bicyclic) bond motifs is 5. The first-order valence-corrected chi connectivity index (χ1v) is 9.66. The average molecular weight is 404 g/mol. The molecule has 0 amide bonds. The number of aryl methyl sites for hydroxylation is 1. The zero-order valence-corrected chi connectivity index (χ0v) is 16.8. The summed E-state index contributed by atoms with van der Waals surface area (Å²) in [4.78, 5) is 18.1. The van der Waals surface area contributed by atoms with Crippen molar-refractivity contribution in [3.63, 3.8) is 0 Å². The fourth-order valence-electron chi connectivity index (χ4n) is 3.81. The molecule has 29 heavy (non-hydrogen) atoms. The van der Waals surface area contributed by atoms with Crippen molar-refractivity contribution in [2.24, 2.45) is 0 Å². The zero-order valence-electron chi connectivity index (χ0n) is 16.0. The molecule has 0 aliphatic rings. The molecule has 0 unspecified atom stereocenters. The fraction of sp³-hybridized carbons (Fsp3) is 0.130. The minimum absolute atomic E-state index is 0.119. The number of nitrogens with zero attached hydrogens (tertiary/aromatic N) is 3. The van der Waals surface area contributed by atoms with Crippen molar-refractivity contribution in [2.45, 2.75) is 13.5 Å². The lowest BCUT2D eigenvalue weighted by atomic mass is 10.1. The lowest BCUT2D eigenvalue weighted by Gasteiger charge is -2.13. The first-order chi connectivity index (χ1) is 14.0. The summed E-state index contributed by atoms with van der Waals surface area (Å²) in [5, 5.41) is 1.57. The number of methoxy groups -OCH3 is 1. The Morgan fingerprint density at radius 2 is 1.86 bits per heavy atom. The molecule has 0 fully saturated rings. The highest BCUT2D eigenvalue weighted by Crippen LogP contribution is 2.27. The lowest BCUT2D eigenvalue weighted by Crippen LogP contribution is -2.22. The number of halogens is 1. The van der Waals surface area contributed by atoms with Crippen LogP contribution in [0.1, 0.15) is 11.1 Å². The van der Waals surface area contributed by atoms with Crippen molar-refractivity contribution in [3.8, 4) is 5.75 Å². The molecule has 0 radical (unpaired) electrons. The standard InChI is InChI=1S/C23H18ClN3O2/c1-14-3-9-19-18(11-14)22-21(25-20-10-6-16(24)13-27(20)22)23(28)26(19)12-15-4-7-17(29-2)8-5-15/h3-11,13H,12H2,1-2H3. The van der Waals surface area contributed by atoms with Gasteiger partial charge in [0.25, 0.3) is 5.56 Å². The van der Waals surface area contributed by atoms with Crippen LogP contribution in [0, 0.1) is 6.92 Å². The summed E-state index contributed by atoms with van der Waals surface area (Å²) in [7, 11) is 1.64. The van der Waals surface area contributed by atoms with E-state index in [0.717, 1.165) is 33.3 Å². The molecule has 144 valence electrons. The molecule has 2 aromatic carbocycles. The maximum atomic E-state index is 13.4. The molecule has 0 saturated heterocycles. The second-order valence-electron chi connectivity index (χ2n) is 7.14. The van der Waals surface area contributed by atoms with Crippen LogP contribution in [-0.2, 0) is 6.54 Å². The molecule has 0 saturated carbocycles. The van der Waals surface area contributed by atoms with Crippen molar-refractivity contribution >= 4 is 39.2 Å². The van der Waals surface area contributed by atoms with Gasteiger partial charge >= 0.3 is 0 Å². The van der Waals surface area contributed by atoms with Gasteiger partial charge in [0.05, 0.1) is 29.7 Å². The van der Waals surface area contributed by atoms with Crippen molar-refractivity contribution < 1.29 is 4.74 Å². The molecule has 6 heteroatoms. The SMILES string of the molecule is COc1ccc(Cn2c(=O)c3nc4ccc(Cl)cn4c3c3cc(C)ccc32)cc1. The molecule has 0 bridgehead atoms. The van der Waals surface area contributed by atoms with Crippen LogP contribution in [0.25, 0.3) is 27.6 Å². The molecule has 0 N–H and O–H groups in total. The van der Waals surface area contributed by atoms with Gasteiger partial charge in [-0.3, -0.25) is 9.20 Å². The fourth-order valence-corrected chi connectivity index (χ4v) is 3.97. The number of benzene rings is 2. The van der Waals surface area contributed by atoms with E-state index in [1.54, 1.807) is 23.9 Å². The summed E-state index contributed by atoms with van der Waals surface area (Å²) in [5.41, 5.74) is 4.81. The summed E-state index contributed by atoms with van der Waals surface area (Å²) >= 11 is 6.22. The van der Waals surface area contributed by atoms with Crippen LogP contribution in [0.4, 0.5) is 0 Å². The Morgan fingerprint density at radius 3 is 2.62 bits per heavy atom. The van der Waals surface area contributed by atoms with Crippen LogP contribution < -0.4 is 10.3 Å². The normalized spacial score (nSPS) is 11.6. The van der Waals surface area contributed by atoms with Gasteiger partial charge < -0.3 is 9.30 Å². The summed E-state index contributed by atoms with van der Waals surface area (Å²) in [6.07, 6.45) is 1.81. The number of hydrogen-bond acceptors (Lipinski definition) is 3. The molecule has 0 atom stereocenters. The largest absolute Gasteiger partial charge is 0.497 e. The van der Waals surface area contributed by atoms with E-state index in [1.807, 2.05) is 53.8 Å². The highest BCUT2D eigenvalue weighted by Gasteiger charge is 2.17. The molecular weight excluding hydrogens is 386 g/mol. The number of ether oxygens (including phenoxy) is 1. The molecule has 0 aliphatic heterocycles. The minimum Gasteiger partial charge on any atom is -0.497 e. The highest BCUT2D eigenvalue weighted by atomic mass is 35.5. The monoisotopic (exact) mass is 403 g/mol. The molecule has 5 rings (SSSR count). The van der Waals surface area contributed by atoms with Crippen LogP contribution in [0.5, 0.6) is 5.75 Å². The van der Waals surface area contributed by atoms with Gasteiger partial charge in [-0.25, -0.2) is 4.98 Å². The van der Waals surface area contributed by atoms with Gasteiger partial charge in [-0.05, 0) is 48.9 Å². The Labute approximate surface area is 171 Å². The van der Waals surface area contributed by atoms with Crippen LogP contribution in [0.15, 0.2) is 65.6 Å². The minimum atomic E-state index is -0.119. The lowest BCUT2D eigenvalue weighted by molar-refractivity contribution is 0.414. The van der Waals surface area contributed by atoms with E-state index in [1.165, 1.54) is 0 Å². The number of imidazole rings is 1. The zero-order chi connectivity index (χ0) is 20.1. The summed E-state index contributed by atoms with van der Waals surface area (Å²) in [5.74, 6) is 0.786. The average Bonchev–Trinajstić information content (AvgIpc) is 3.10. The topological polar surface area (TPSA) is 48.5 Å². The predicted octanol–water partition coefficient (Wildman–Crippen LogP) is 4.82. The molecule has 0 aliphatic carbocycles. The molecule has 0 spiro atoms. The van der Waals surface area contributed by atoms with E-state index in [0.29, 0.717) is 22.7 Å². The Kier molecular flexibility index (Phi) is 4.07. The number of aromatic nitrogens is 3. The second kappa shape index (κ2) is 6.64. The van der Waals surface area contributed by atoms with Gasteiger partial charge in [-0.15, -0.1) is 0 Å². The highest BCUT2D eigenvalue weighted by molar-refractivity contribution is 6.30. The second-order valence-corrected chi connectivity index (χ2v) is 7.58. The smallest absolute Gasteiger partial charge is 0.279 e. The summed E-state index contributed by atoms with van der Waals surface area (Å²) in [6, 6.07) is 17.5. The predicted molar refractivity (Wildman–Crippen MR) is 116 cm³/mol. The number of pyridine rings is 2. The van der Waals surface area contributed by atoms with E-state index < -0.39 is 0 Å². The summed E-state index contributed by atoms with van der Waals surface area (Å²) in [6.45, 7) is 2.49. The van der Waals surface area contributed by atoms with Gasteiger partial charge in [0, 0.05) is 11.6 Å².